The van der Waals surface area contributed by atoms with Gasteiger partial charge in [-0.1, -0.05) is 6.07 Å². The summed E-state index contributed by atoms with van der Waals surface area (Å²) in [6.45, 7) is 3.22. The van der Waals surface area contributed by atoms with Gasteiger partial charge in [0.1, 0.15) is 0 Å². The molecule has 0 bridgehead atoms. The lowest BCUT2D eigenvalue weighted by Crippen LogP contribution is -2.35. The zero-order valence-electron chi connectivity index (χ0n) is 10.9. The van der Waals surface area contributed by atoms with Gasteiger partial charge in [-0.2, -0.15) is 0 Å². The maximum atomic E-state index is 5.83. The Kier molecular flexibility index (Phi) is 5.26. The summed E-state index contributed by atoms with van der Waals surface area (Å²) < 4.78 is 5.16. The van der Waals surface area contributed by atoms with Crippen LogP contribution in [0.3, 0.4) is 0 Å². The number of piperidine rings is 1. The van der Waals surface area contributed by atoms with Crippen LogP contribution in [0.25, 0.3) is 0 Å². The number of nitrogens with zero attached hydrogens (tertiary/aromatic N) is 2. The standard InChI is InChI=1S/C14H21ClN2O/c1-18-14-6-2-5-13(16-14)11-17-9-3-4-12(10-17)7-8-15/h2,5-6,12H,3-4,7-11H2,1H3. The quantitative estimate of drug-likeness (QED) is 0.768. The molecule has 1 aromatic heterocycles. The lowest BCUT2D eigenvalue weighted by molar-refractivity contribution is 0.163. The van der Waals surface area contributed by atoms with Crippen LogP contribution in [-0.2, 0) is 6.54 Å². The first-order valence-electron chi connectivity index (χ1n) is 6.60. The molecule has 1 fully saturated rings. The number of likely N-dealkylation sites (tertiary alicyclic amines) is 1. The maximum absolute atomic E-state index is 5.83. The van der Waals surface area contributed by atoms with E-state index in [0.717, 1.165) is 43.5 Å². The Morgan fingerprint density at radius 2 is 2.39 bits per heavy atom. The molecule has 2 heterocycles. The van der Waals surface area contributed by atoms with Gasteiger partial charge in [-0.25, -0.2) is 4.98 Å². The molecule has 1 aromatic rings. The first kappa shape index (κ1) is 13.6. The van der Waals surface area contributed by atoms with Gasteiger partial charge in [-0.15, -0.1) is 11.6 Å². The van der Waals surface area contributed by atoms with Gasteiger partial charge in [0.15, 0.2) is 0 Å². The average Bonchev–Trinajstić information content (AvgIpc) is 2.40. The van der Waals surface area contributed by atoms with Crippen LogP contribution < -0.4 is 4.74 Å². The predicted octanol–water partition coefficient (Wildman–Crippen LogP) is 2.93. The predicted molar refractivity (Wildman–Crippen MR) is 74.1 cm³/mol. The van der Waals surface area contributed by atoms with Crippen LogP contribution in [0, 0.1) is 5.92 Å². The molecule has 18 heavy (non-hydrogen) atoms. The van der Waals surface area contributed by atoms with E-state index < -0.39 is 0 Å². The largest absolute Gasteiger partial charge is 0.481 e. The molecule has 0 N–H and O–H groups in total. The van der Waals surface area contributed by atoms with Gasteiger partial charge < -0.3 is 4.74 Å². The first-order valence-corrected chi connectivity index (χ1v) is 7.13. The molecular weight excluding hydrogens is 248 g/mol. The summed E-state index contributed by atoms with van der Waals surface area (Å²) in [5.74, 6) is 2.22. The minimum absolute atomic E-state index is 0.696. The van der Waals surface area contributed by atoms with Crippen molar-refractivity contribution < 1.29 is 4.74 Å². The second kappa shape index (κ2) is 6.95. The number of ether oxygens (including phenoxy) is 1. The van der Waals surface area contributed by atoms with Crippen molar-refractivity contribution >= 4 is 11.6 Å². The van der Waals surface area contributed by atoms with E-state index in [1.165, 1.54) is 12.8 Å². The van der Waals surface area contributed by atoms with Crippen molar-refractivity contribution in [2.24, 2.45) is 5.92 Å². The summed E-state index contributed by atoms with van der Waals surface area (Å²) in [5, 5.41) is 0. The van der Waals surface area contributed by atoms with Crippen molar-refractivity contribution in [2.75, 3.05) is 26.1 Å². The Morgan fingerprint density at radius 3 is 3.17 bits per heavy atom. The zero-order chi connectivity index (χ0) is 12.8. The molecule has 100 valence electrons. The minimum atomic E-state index is 0.696. The van der Waals surface area contributed by atoms with Crippen LogP contribution in [0.15, 0.2) is 18.2 Å². The topological polar surface area (TPSA) is 25.4 Å². The fraction of sp³-hybridized carbons (Fsp3) is 0.643. The van der Waals surface area contributed by atoms with Gasteiger partial charge in [0.05, 0.1) is 12.8 Å². The molecule has 0 aliphatic carbocycles. The minimum Gasteiger partial charge on any atom is -0.481 e. The highest BCUT2D eigenvalue weighted by Crippen LogP contribution is 2.21. The molecule has 0 radical (unpaired) electrons. The van der Waals surface area contributed by atoms with Gasteiger partial charge in [0.25, 0.3) is 0 Å². The molecule has 1 aliphatic heterocycles. The van der Waals surface area contributed by atoms with Crippen LogP contribution >= 0.6 is 11.6 Å². The Morgan fingerprint density at radius 1 is 1.50 bits per heavy atom. The lowest BCUT2D eigenvalue weighted by atomic mass is 9.95. The third-order valence-electron chi connectivity index (χ3n) is 3.50. The number of halogens is 1. The number of rotatable bonds is 5. The summed E-state index contributed by atoms with van der Waals surface area (Å²) in [7, 11) is 1.66. The molecule has 1 atom stereocenters. The average molecular weight is 269 g/mol. The highest BCUT2D eigenvalue weighted by atomic mass is 35.5. The van der Waals surface area contributed by atoms with Crippen LogP contribution in [0.4, 0.5) is 0 Å². The molecule has 0 spiro atoms. The van der Waals surface area contributed by atoms with Crippen LogP contribution in [0.1, 0.15) is 25.0 Å². The molecule has 3 nitrogen and oxygen atoms in total. The van der Waals surface area contributed by atoms with Crippen molar-refractivity contribution in [1.29, 1.82) is 0 Å². The van der Waals surface area contributed by atoms with Crippen molar-refractivity contribution in [1.82, 2.24) is 9.88 Å². The molecule has 4 heteroatoms. The Labute approximate surface area is 114 Å². The second-order valence-corrected chi connectivity index (χ2v) is 5.27. The van der Waals surface area contributed by atoms with E-state index in [2.05, 4.69) is 16.0 Å². The molecule has 2 rings (SSSR count). The van der Waals surface area contributed by atoms with Gasteiger partial charge >= 0.3 is 0 Å². The van der Waals surface area contributed by atoms with Crippen molar-refractivity contribution in [3.63, 3.8) is 0 Å². The van der Waals surface area contributed by atoms with E-state index in [4.69, 9.17) is 16.3 Å². The zero-order valence-corrected chi connectivity index (χ0v) is 11.7. The Bertz CT molecular complexity index is 371. The van der Waals surface area contributed by atoms with Gasteiger partial charge in [0, 0.05) is 25.0 Å². The number of aromatic nitrogens is 1. The summed E-state index contributed by atoms with van der Waals surface area (Å²) in [6.07, 6.45) is 3.71. The highest BCUT2D eigenvalue weighted by Gasteiger charge is 2.19. The van der Waals surface area contributed by atoms with Crippen LogP contribution in [0.2, 0.25) is 0 Å². The van der Waals surface area contributed by atoms with E-state index in [-0.39, 0.29) is 0 Å². The van der Waals surface area contributed by atoms with Crippen molar-refractivity contribution in [2.45, 2.75) is 25.8 Å². The number of pyridine rings is 1. The molecule has 1 unspecified atom stereocenters. The van der Waals surface area contributed by atoms with Crippen LogP contribution in [0.5, 0.6) is 5.88 Å². The van der Waals surface area contributed by atoms with E-state index in [9.17, 15) is 0 Å². The molecular formula is C14H21ClN2O. The third-order valence-corrected chi connectivity index (χ3v) is 3.71. The highest BCUT2D eigenvalue weighted by molar-refractivity contribution is 6.17. The molecule has 0 amide bonds. The monoisotopic (exact) mass is 268 g/mol. The number of hydrogen-bond donors (Lipinski definition) is 0. The molecule has 0 aromatic carbocycles. The maximum Gasteiger partial charge on any atom is 0.213 e. The number of hydrogen-bond acceptors (Lipinski definition) is 3. The number of alkyl halides is 1. The fourth-order valence-corrected chi connectivity index (χ4v) is 2.88. The summed E-state index contributed by atoms with van der Waals surface area (Å²) >= 11 is 5.83. The normalized spacial score (nSPS) is 20.9. The van der Waals surface area contributed by atoms with Gasteiger partial charge in [-0.3, -0.25) is 4.90 Å². The number of methoxy groups -OCH3 is 1. The van der Waals surface area contributed by atoms with E-state index in [1.807, 2.05) is 12.1 Å². The molecule has 1 saturated heterocycles. The van der Waals surface area contributed by atoms with E-state index in [0.29, 0.717) is 5.88 Å². The van der Waals surface area contributed by atoms with Gasteiger partial charge in [0.2, 0.25) is 5.88 Å². The molecule has 0 saturated carbocycles. The lowest BCUT2D eigenvalue weighted by Gasteiger charge is -2.32. The fourth-order valence-electron chi connectivity index (χ4n) is 2.57. The summed E-state index contributed by atoms with van der Waals surface area (Å²) in [6, 6.07) is 5.95. The first-order chi connectivity index (χ1) is 8.81. The smallest absolute Gasteiger partial charge is 0.213 e. The molecule has 1 aliphatic rings. The summed E-state index contributed by atoms with van der Waals surface area (Å²) in [4.78, 5) is 6.94. The van der Waals surface area contributed by atoms with Crippen molar-refractivity contribution in [3.05, 3.63) is 23.9 Å². The Hall–Kier alpha value is -0.800. The third kappa shape index (κ3) is 3.85. The SMILES string of the molecule is COc1cccc(CN2CCCC(CCCl)C2)n1. The van der Waals surface area contributed by atoms with E-state index in [1.54, 1.807) is 7.11 Å². The summed E-state index contributed by atoms with van der Waals surface area (Å²) in [5.41, 5.74) is 1.08. The van der Waals surface area contributed by atoms with E-state index >= 15 is 0 Å². The van der Waals surface area contributed by atoms with Gasteiger partial charge in [-0.05, 0) is 37.8 Å². The van der Waals surface area contributed by atoms with Crippen LogP contribution in [-0.4, -0.2) is 36.0 Å². The van der Waals surface area contributed by atoms with Crippen molar-refractivity contribution in [3.8, 4) is 5.88 Å². The Balaban J connectivity index is 1.91. The second-order valence-electron chi connectivity index (χ2n) is 4.89.